The largest absolute Gasteiger partial charge is 0.380 e. The van der Waals surface area contributed by atoms with Gasteiger partial charge in [-0.1, -0.05) is 24.3 Å². The molecule has 0 aliphatic heterocycles. The van der Waals surface area contributed by atoms with Crippen LogP contribution in [0.3, 0.4) is 0 Å². The number of ether oxygens (including phenoxy) is 1. The number of guanidine groups is 1. The van der Waals surface area contributed by atoms with Crippen molar-refractivity contribution < 1.29 is 4.74 Å². The lowest BCUT2D eigenvalue weighted by atomic mass is 10.1. The molecule has 0 saturated heterocycles. The average Bonchev–Trinajstić information content (AvgIpc) is 2.35. The van der Waals surface area contributed by atoms with Crippen LogP contribution in [-0.4, -0.2) is 25.7 Å². The molecule has 0 saturated carbocycles. The summed E-state index contributed by atoms with van der Waals surface area (Å²) in [5.41, 5.74) is 2.42. The van der Waals surface area contributed by atoms with Crippen molar-refractivity contribution in [2.24, 2.45) is 4.99 Å². The number of aliphatic imine (C=N–C) groups is 1. The molecule has 0 aliphatic carbocycles. The first-order valence-electron chi connectivity index (χ1n) is 6.51. The first-order valence-corrected chi connectivity index (χ1v) is 6.51. The molecule has 0 atom stereocenters. The topological polar surface area (TPSA) is 45.7 Å². The molecule has 0 spiro atoms. The molecule has 1 aromatic carbocycles. The van der Waals surface area contributed by atoms with Crippen LogP contribution in [0.15, 0.2) is 29.3 Å². The summed E-state index contributed by atoms with van der Waals surface area (Å²) in [5, 5.41) is 6.66. The van der Waals surface area contributed by atoms with E-state index in [1.165, 1.54) is 11.1 Å². The van der Waals surface area contributed by atoms with Crippen LogP contribution in [-0.2, 0) is 17.9 Å². The fraction of sp³-hybridized carbons (Fsp3) is 0.533. The Labute approximate surface area is 139 Å². The van der Waals surface area contributed by atoms with E-state index in [9.17, 15) is 0 Å². The van der Waals surface area contributed by atoms with E-state index in [1.54, 1.807) is 14.2 Å². The minimum absolute atomic E-state index is 0. The highest BCUT2D eigenvalue weighted by Gasteiger charge is 2.11. The lowest BCUT2D eigenvalue weighted by Gasteiger charge is -2.24. The van der Waals surface area contributed by atoms with E-state index in [1.807, 2.05) is 12.1 Å². The van der Waals surface area contributed by atoms with Crippen molar-refractivity contribution in [2.45, 2.75) is 39.5 Å². The fourth-order valence-corrected chi connectivity index (χ4v) is 1.74. The molecule has 0 radical (unpaired) electrons. The summed E-state index contributed by atoms with van der Waals surface area (Å²) >= 11 is 0. The highest BCUT2D eigenvalue weighted by molar-refractivity contribution is 14.0. The number of rotatable bonds is 4. The summed E-state index contributed by atoms with van der Waals surface area (Å²) < 4.78 is 5.21. The van der Waals surface area contributed by atoms with Crippen molar-refractivity contribution in [3.63, 3.8) is 0 Å². The predicted octanol–water partition coefficient (Wildman–Crippen LogP) is 2.91. The lowest BCUT2D eigenvalue weighted by molar-refractivity contribution is 0.184. The summed E-state index contributed by atoms with van der Waals surface area (Å²) in [7, 11) is 3.49. The Hall–Kier alpha value is -0.820. The van der Waals surface area contributed by atoms with Crippen molar-refractivity contribution in [3.8, 4) is 0 Å². The van der Waals surface area contributed by atoms with Gasteiger partial charge in [0.1, 0.15) is 0 Å². The zero-order chi connectivity index (χ0) is 14.3. The molecule has 2 N–H and O–H groups in total. The quantitative estimate of drug-likeness (QED) is 0.472. The fourth-order valence-electron chi connectivity index (χ4n) is 1.74. The maximum absolute atomic E-state index is 5.21. The summed E-state index contributed by atoms with van der Waals surface area (Å²) in [6.45, 7) is 7.69. The van der Waals surface area contributed by atoms with E-state index in [0.29, 0.717) is 6.61 Å². The molecule has 0 bridgehead atoms. The molecule has 0 amide bonds. The van der Waals surface area contributed by atoms with Gasteiger partial charge in [-0.3, -0.25) is 4.99 Å². The standard InChI is InChI=1S/C15H25N3O.HI/c1-15(2,3)18-14(16-4)17-10-12-8-6-7-9-13(12)11-19-5;/h6-9H,10-11H2,1-5H3,(H2,16,17,18);1H. The second kappa shape index (κ2) is 9.18. The van der Waals surface area contributed by atoms with Gasteiger partial charge in [-0.05, 0) is 31.9 Å². The van der Waals surface area contributed by atoms with Crippen molar-refractivity contribution in [3.05, 3.63) is 35.4 Å². The monoisotopic (exact) mass is 391 g/mol. The Balaban J connectivity index is 0.00000361. The molecule has 5 heteroatoms. The molecule has 4 nitrogen and oxygen atoms in total. The number of hydrogen-bond donors (Lipinski definition) is 2. The van der Waals surface area contributed by atoms with Gasteiger partial charge >= 0.3 is 0 Å². The van der Waals surface area contributed by atoms with Crippen LogP contribution in [0, 0.1) is 0 Å². The Morgan fingerprint density at radius 2 is 1.80 bits per heavy atom. The van der Waals surface area contributed by atoms with Gasteiger partial charge in [0.15, 0.2) is 5.96 Å². The molecule has 1 aromatic rings. The van der Waals surface area contributed by atoms with Gasteiger partial charge < -0.3 is 15.4 Å². The van der Waals surface area contributed by atoms with E-state index in [2.05, 4.69) is 48.5 Å². The molecule has 20 heavy (non-hydrogen) atoms. The van der Waals surface area contributed by atoms with E-state index in [4.69, 9.17) is 4.74 Å². The molecule has 0 aliphatic rings. The number of methoxy groups -OCH3 is 1. The minimum Gasteiger partial charge on any atom is -0.380 e. The van der Waals surface area contributed by atoms with Crippen LogP contribution in [0.25, 0.3) is 0 Å². The van der Waals surface area contributed by atoms with Crippen molar-refractivity contribution >= 4 is 29.9 Å². The second-order valence-corrected chi connectivity index (χ2v) is 5.50. The van der Waals surface area contributed by atoms with Gasteiger partial charge in [-0.2, -0.15) is 0 Å². The van der Waals surface area contributed by atoms with Gasteiger partial charge in [0, 0.05) is 26.2 Å². The average molecular weight is 391 g/mol. The van der Waals surface area contributed by atoms with Gasteiger partial charge in [0.05, 0.1) is 6.61 Å². The Morgan fingerprint density at radius 1 is 1.20 bits per heavy atom. The molecule has 1 rings (SSSR count). The Morgan fingerprint density at radius 3 is 2.30 bits per heavy atom. The van der Waals surface area contributed by atoms with Gasteiger partial charge in [0.25, 0.3) is 0 Å². The summed E-state index contributed by atoms with van der Waals surface area (Å²) in [6.07, 6.45) is 0. The van der Waals surface area contributed by atoms with E-state index < -0.39 is 0 Å². The summed E-state index contributed by atoms with van der Waals surface area (Å²) in [6, 6.07) is 8.25. The zero-order valence-electron chi connectivity index (χ0n) is 13.0. The molecule has 0 unspecified atom stereocenters. The minimum atomic E-state index is -0.00606. The first-order chi connectivity index (χ1) is 8.96. The third-order valence-electron chi connectivity index (χ3n) is 2.58. The highest BCUT2D eigenvalue weighted by Crippen LogP contribution is 2.09. The second-order valence-electron chi connectivity index (χ2n) is 5.50. The first kappa shape index (κ1) is 19.2. The van der Waals surface area contributed by atoms with Gasteiger partial charge in [-0.15, -0.1) is 24.0 Å². The smallest absolute Gasteiger partial charge is 0.191 e. The van der Waals surface area contributed by atoms with Crippen LogP contribution in [0.1, 0.15) is 31.9 Å². The van der Waals surface area contributed by atoms with Crippen LogP contribution >= 0.6 is 24.0 Å². The Bertz CT molecular complexity index is 427. The normalized spacial score (nSPS) is 11.8. The SMILES string of the molecule is CN=C(NCc1ccccc1COC)NC(C)(C)C.I. The van der Waals surface area contributed by atoms with E-state index >= 15 is 0 Å². The number of nitrogens with zero attached hydrogens (tertiary/aromatic N) is 1. The van der Waals surface area contributed by atoms with Crippen LogP contribution in [0.5, 0.6) is 0 Å². The summed E-state index contributed by atoms with van der Waals surface area (Å²) in [4.78, 5) is 4.23. The van der Waals surface area contributed by atoms with Crippen molar-refractivity contribution in [2.75, 3.05) is 14.2 Å². The van der Waals surface area contributed by atoms with Crippen LogP contribution in [0.4, 0.5) is 0 Å². The highest BCUT2D eigenvalue weighted by atomic mass is 127. The third-order valence-corrected chi connectivity index (χ3v) is 2.58. The molecule has 0 heterocycles. The molecule has 114 valence electrons. The van der Waals surface area contributed by atoms with E-state index in [-0.39, 0.29) is 29.5 Å². The molecule has 0 fully saturated rings. The zero-order valence-corrected chi connectivity index (χ0v) is 15.3. The molecular formula is C15H26IN3O. The summed E-state index contributed by atoms with van der Waals surface area (Å²) in [5.74, 6) is 0.805. The number of hydrogen-bond acceptors (Lipinski definition) is 2. The van der Waals surface area contributed by atoms with Crippen molar-refractivity contribution in [1.29, 1.82) is 0 Å². The van der Waals surface area contributed by atoms with Crippen LogP contribution < -0.4 is 10.6 Å². The maximum atomic E-state index is 5.21. The maximum Gasteiger partial charge on any atom is 0.191 e. The number of benzene rings is 1. The number of halogens is 1. The third kappa shape index (κ3) is 7.09. The Kier molecular flexibility index (Phi) is 8.80. The molecule has 0 aromatic heterocycles. The van der Waals surface area contributed by atoms with Crippen molar-refractivity contribution in [1.82, 2.24) is 10.6 Å². The lowest BCUT2D eigenvalue weighted by Crippen LogP contribution is -2.47. The predicted molar refractivity (Wildman–Crippen MR) is 95.7 cm³/mol. The van der Waals surface area contributed by atoms with E-state index in [0.717, 1.165) is 12.5 Å². The molecular weight excluding hydrogens is 365 g/mol. The van der Waals surface area contributed by atoms with Crippen LogP contribution in [0.2, 0.25) is 0 Å². The number of nitrogens with one attached hydrogen (secondary N) is 2. The van der Waals surface area contributed by atoms with Gasteiger partial charge in [0.2, 0.25) is 0 Å². The van der Waals surface area contributed by atoms with Gasteiger partial charge in [-0.25, -0.2) is 0 Å².